The standard InChI is InChI=1S/C28H37NO4/c1-18-8-13-21(26(2,3)19-9-11-20(32-5)12-10-19)23(15-18)33-25(31)28-14-6-7-22(30)24(28)27(4,16-28)17-29/h9-12,18,21,23-24H,6-8,13-16H2,1-5H3/t18-,21-,23-,24+,27-,28+/m1/s1. The highest BCUT2D eigenvalue weighted by Crippen LogP contribution is 2.65. The van der Waals surface area contributed by atoms with Crippen molar-refractivity contribution in [1.29, 1.82) is 5.26 Å². The predicted molar refractivity (Wildman–Crippen MR) is 126 cm³/mol. The van der Waals surface area contributed by atoms with Crippen LogP contribution in [0.1, 0.15) is 78.2 Å². The maximum atomic E-state index is 13.7. The van der Waals surface area contributed by atoms with Gasteiger partial charge in [0, 0.05) is 12.3 Å². The number of hydrogen-bond donors (Lipinski definition) is 0. The monoisotopic (exact) mass is 451 g/mol. The second-order valence-electron chi connectivity index (χ2n) is 11.5. The summed E-state index contributed by atoms with van der Waals surface area (Å²) in [7, 11) is 1.67. The van der Waals surface area contributed by atoms with Crippen molar-refractivity contribution in [1.82, 2.24) is 0 Å². The van der Waals surface area contributed by atoms with E-state index in [4.69, 9.17) is 9.47 Å². The summed E-state index contributed by atoms with van der Waals surface area (Å²) in [5.41, 5.74) is -0.543. The summed E-state index contributed by atoms with van der Waals surface area (Å²) in [6.07, 6.45) is 4.98. The summed E-state index contributed by atoms with van der Waals surface area (Å²) in [6, 6.07) is 10.5. The average Bonchev–Trinajstić information content (AvgIpc) is 2.77. The Labute approximate surface area is 197 Å². The Morgan fingerprint density at radius 2 is 1.91 bits per heavy atom. The van der Waals surface area contributed by atoms with Crippen LogP contribution in [0.3, 0.4) is 0 Å². The second-order valence-corrected chi connectivity index (χ2v) is 11.5. The van der Waals surface area contributed by atoms with Crippen molar-refractivity contribution in [2.45, 2.75) is 84.2 Å². The van der Waals surface area contributed by atoms with Gasteiger partial charge in [0.1, 0.15) is 17.6 Å². The van der Waals surface area contributed by atoms with Gasteiger partial charge in [-0.25, -0.2) is 0 Å². The Morgan fingerprint density at radius 1 is 1.21 bits per heavy atom. The molecule has 0 bridgehead atoms. The van der Waals surface area contributed by atoms with E-state index in [2.05, 4.69) is 39.0 Å². The van der Waals surface area contributed by atoms with Crippen LogP contribution >= 0.6 is 0 Å². The molecule has 1 aromatic rings. The number of esters is 1. The van der Waals surface area contributed by atoms with E-state index in [9.17, 15) is 14.9 Å². The molecule has 4 rings (SSSR count). The van der Waals surface area contributed by atoms with Gasteiger partial charge in [-0.1, -0.05) is 39.3 Å². The van der Waals surface area contributed by atoms with Crippen LogP contribution in [0, 0.1) is 39.9 Å². The Kier molecular flexibility index (Phi) is 6.10. The van der Waals surface area contributed by atoms with Gasteiger partial charge >= 0.3 is 5.97 Å². The molecule has 3 aliphatic carbocycles. The summed E-state index contributed by atoms with van der Waals surface area (Å²) >= 11 is 0. The molecule has 5 heteroatoms. The van der Waals surface area contributed by atoms with Gasteiger partial charge in [0.25, 0.3) is 0 Å². The van der Waals surface area contributed by atoms with E-state index in [1.807, 2.05) is 19.1 Å². The van der Waals surface area contributed by atoms with Gasteiger partial charge in [-0.2, -0.15) is 5.26 Å². The molecular formula is C28H37NO4. The zero-order chi connectivity index (χ0) is 24.0. The number of carbonyl (C=O) groups is 2. The molecule has 0 amide bonds. The lowest BCUT2D eigenvalue weighted by Gasteiger charge is -2.58. The third-order valence-electron chi connectivity index (χ3n) is 8.98. The lowest BCUT2D eigenvalue weighted by Crippen LogP contribution is -2.64. The highest BCUT2D eigenvalue weighted by atomic mass is 16.5. The Morgan fingerprint density at radius 3 is 2.55 bits per heavy atom. The lowest BCUT2D eigenvalue weighted by molar-refractivity contribution is -0.200. The number of fused-ring (bicyclic) bond motifs is 1. The molecule has 33 heavy (non-hydrogen) atoms. The molecule has 6 atom stereocenters. The number of nitrogens with zero attached hydrogens (tertiary/aromatic N) is 1. The van der Waals surface area contributed by atoms with Crippen LogP contribution in [0.15, 0.2) is 24.3 Å². The zero-order valence-electron chi connectivity index (χ0n) is 20.6. The lowest BCUT2D eigenvalue weighted by atomic mass is 9.42. The van der Waals surface area contributed by atoms with Crippen molar-refractivity contribution in [2.24, 2.45) is 28.6 Å². The molecule has 0 unspecified atom stereocenters. The van der Waals surface area contributed by atoms with Gasteiger partial charge in [-0.3, -0.25) is 9.59 Å². The second kappa shape index (κ2) is 8.46. The van der Waals surface area contributed by atoms with Gasteiger partial charge in [0.2, 0.25) is 0 Å². The molecule has 0 N–H and O–H groups in total. The van der Waals surface area contributed by atoms with Crippen LogP contribution in [0.4, 0.5) is 0 Å². The van der Waals surface area contributed by atoms with Crippen molar-refractivity contribution < 1.29 is 19.1 Å². The Balaban J connectivity index is 1.59. The van der Waals surface area contributed by atoms with Gasteiger partial charge in [-0.15, -0.1) is 0 Å². The number of ketones is 1. The minimum atomic E-state index is -0.810. The van der Waals surface area contributed by atoms with Crippen molar-refractivity contribution in [3.8, 4) is 11.8 Å². The number of rotatable bonds is 5. The molecule has 5 nitrogen and oxygen atoms in total. The van der Waals surface area contributed by atoms with Gasteiger partial charge in [0.05, 0.1) is 29.9 Å². The fourth-order valence-corrected chi connectivity index (χ4v) is 7.13. The van der Waals surface area contributed by atoms with Gasteiger partial charge in [0.15, 0.2) is 0 Å². The zero-order valence-corrected chi connectivity index (χ0v) is 20.6. The first-order valence-electron chi connectivity index (χ1n) is 12.4. The number of ether oxygens (including phenoxy) is 2. The number of hydrogen-bond acceptors (Lipinski definition) is 5. The van der Waals surface area contributed by atoms with Crippen LogP contribution in [0.2, 0.25) is 0 Å². The van der Waals surface area contributed by atoms with E-state index in [0.717, 1.165) is 25.0 Å². The third kappa shape index (κ3) is 3.86. The van der Waals surface area contributed by atoms with Crippen LogP contribution in [-0.4, -0.2) is 25.0 Å². The van der Waals surface area contributed by atoms with E-state index in [-0.39, 0.29) is 29.2 Å². The number of methoxy groups -OCH3 is 1. The number of carbonyl (C=O) groups excluding carboxylic acids is 2. The fraction of sp³-hybridized carbons (Fsp3) is 0.679. The molecule has 1 aromatic carbocycles. The molecule has 0 spiro atoms. The van der Waals surface area contributed by atoms with Crippen LogP contribution in [0.5, 0.6) is 5.75 Å². The predicted octanol–water partition coefficient (Wildman–Crippen LogP) is 5.61. The minimum Gasteiger partial charge on any atom is -0.497 e. The van der Waals surface area contributed by atoms with Crippen molar-refractivity contribution in [3.63, 3.8) is 0 Å². The molecule has 0 aliphatic heterocycles. The van der Waals surface area contributed by atoms with Gasteiger partial charge in [-0.05, 0) is 68.1 Å². The molecule has 3 fully saturated rings. The van der Waals surface area contributed by atoms with Gasteiger partial charge < -0.3 is 9.47 Å². The first-order valence-corrected chi connectivity index (χ1v) is 12.4. The van der Waals surface area contributed by atoms with Crippen molar-refractivity contribution >= 4 is 11.8 Å². The number of nitriles is 1. The van der Waals surface area contributed by atoms with Crippen LogP contribution < -0.4 is 4.74 Å². The minimum absolute atomic E-state index is 0.0561. The quantitative estimate of drug-likeness (QED) is 0.544. The van der Waals surface area contributed by atoms with Crippen molar-refractivity contribution in [3.05, 3.63) is 29.8 Å². The summed E-state index contributed by atoms with van der Waals surface area (Å²) in [4.78, 5) is 26.5. The topological polar surface area (TPSA) is 76.4 Å². The highest BCUT2D eigenvalue weighted by Gasteiger charge is 2.69. The number of benzene rings is 1. The molecule has 0 saturated heterocycles. The maximum Gasteiger partial charge on any atom is 0.313 e. The van der Waals surface area contributed by atoms with E-state index in [0.29, 0.717) is 31.6 Å². The molecule has 3 aliphatic rings. The largest absolute Gasteiger partial charge is 0.497 e. The molecule has 0 heterocycles. The van der Waals surface area contributed by atoms with Crippen molar-refractivity contribution in [2.75, 3.05) is 7.11 Å². The summed E-state index contributed by atoms with van der Waals surface area (Å²) in [6.45, 7) is 8.51. The number of Topliss-reactive ketones (excluding diaryl/α,β-unsaturated/α-hetero) is 1. The third-order valence-corrected chi connectivity index (χ3v) is 8.98. The Hall–Kier alpha value is -2.35. The van der Waals surface area contributed by atoms with E-state index < -0.39 is 16.7 Å². The SMILES string of the molecule is COc1ccc(C(C)(C)[C@@H]2CC[C@@H](C)C[C@H]2OC(=O)[C@]23CCCC(=O)[C@H]2[C@@](C)(C#N)C3)cc1. The maximum absolute atomic E-state index is 13.7. The van der Waals surface area contributed by atoms with E-state index in [1.165, 1.54) is 5.56 Å². The normalized spacial score (nSPS) is 36.2. The molecule has 0 radical (unpaired) electrons. The first-order chi connectivity index (χ1) is 15.6. The summed E-state index contributed by atoms with van der Waals surface area (Å²) < 4.78 is 11.7. The fourth-order valence-electron chi connectivity index (χ4n) is 7.13. The molecular weight excluding hydrogens is 414 g/mol. The average molecular weight is 452 g/mol. The summed E-state index contributed by atoms with van der Waals surface area (Å²) in [5, 5.41) is 9.70. The highest BCUT2D eigenvalue weighted by molar-refractivity contribution is 5.94. The molecule has 3 saturated carbocycles. The van der Waals surface area contributed by atoms with E-state index in [1.54, 1.807) is 7.11 Å². The van der Waals surface area contributed by atoms with Crippen LogP contribution in [-0.2, 0) is 19.7 Å². The Bertz CT molecular complexity index is 961. The molecule has 0 aromatic heterocycles. The molecule has 178 valence electrons. The smallest absolute Gasteiger partial charge is 0.313 e. The first kappa shape index (κ1) is 23.8. The van der Waals surface area contributed by atoms with E-state index >= 15 is 0 Å². The summed E-state index contributed by atoms with van der Waals surface area (Å²) in [5.74, 6) is 0.779. The van der Waals surface area contributed by atoms with Crippen LogP contribution in [0.25, 0.3) is 0 Å².